The van der Waals surface area contributed by atoms with Gasteiger partial charge in [0, 0.05) is 0 Å². The van der Waals surface area contributed by atoms with Crippen LogP contribution in [0.3, 0.4) is 0 Å². The van der Waals surface area contributed by atoms with Crippen LogP contribution in [0.25, 0.3) is 0 Å². The third-order valence-corrected chi connectivity index (χ3v) is 4.32. The van der Waals surface area contributed by atoms with Gasteiger partial charge in [0.2, 0.25) is 11.8 Å². The molecule has 1 aromatic carbocycles. The highest BCUT2D eigenvalue weighted by atomic mass is 16.3. The average Bonchev–Trinajstić information content (AvgIpc) is 3.23. The highest BCUT2D eigenvalue weighted by Gasteiger charge is 2.17. The lowest BCUT2D eigenvalue weighted by Gasteiger charge is -2.14. The molecule has 24 heavy (non-hydrogen) atoms. The first-order valence-corrected chi connectivity index (χ1v) is 8.32. The number of furan rings is 1. The van der Waals surface area contributed by atoms with E-state index in [1.165, 1.54) is 17.5 Å². The molecule has 0 saturated heterocycles. The van der Waals surface area contributed by atoms with E-state index in [0.717, 1.165) is 18.4 Å². The number of rotatable bonds is 6. The second-order valence-corrected chi connectivity index (χ2v) is 6.22. The van der Waals surface area contributed by atoms with E-state index in [1.807, 2.05) is 6.07 Å². The van der Waals surface area contributed by atoms with Gasteiger partial charge in [0.15, 0.2) is 0 Å². The molecule has 0 spiro atoms. The summed E-state index contributed by atoms with van der Waals surface area (Å²) in [5.74, 6) is 0.308. The Kier molecular flexibility index (Phi) is 4.99. The molecule has 126 valence electrons. The maximum Gasteiger partial charge on any atom is 0.242 e. The maximum absolute atomic E-state index is 12.2. The fourth-order valence-electron chi connectivity index (χ4n) is 3.02. The van der Waals surface area contributed by atoms with E-state index < -0.39 is 6.04 Å². The maximum atomic E-state index is 12.2. The second kappa shape index (κ2) is 7.34. The van der Waals surface area contributed by atoms with E-state index in [1.54, 1.807) is 25.3 Å². The van der Waals surface area contributed by atoms with Crippen molar-refractivity contribution in [1.82, 2.24) is 10.6 Å². The van der Waals surface area contributed by atoms with Crippen molar-refractivity contribution in [1.29, 1.82) is 0 Å². The summed E-state index contributed by atoms with van der Waals surface area (Å²) in [5.41, 5.74) is 3.74. The van der Waals surface area contributed by atoms with Crippen molar-refractivity contribution in [2.24, 2.45) is 0 Å². The number of carbonyl (C=O) groups is 2. The molecule has 0 bridgehead atoms. The Morgan fingerprint density at radius 2 is 2.04 bits per heavy atom. The van der Waals surface area contributed by atoms with Crippen molar-refractivity contribution in [3.8, 4) is 0 Å². The molecule has 3 rings (SSSR count). The van der Waals surface area contributed by atoms with Gasteiger partial charge < -0.3 is 15.1 Å². The van der Waals surface area contributed by atoms with E-state index in [9.17, 15) is 9.59 Å². The molecule has 0 aliphatic heterocycles. The molecule has 1 heterocycles. The van der Waals surface area contributed by atoms with Gasteiger partial charge in [0.1, 0.15) is 11.8 Å². The molecule has 1 aliphatic rings. The molecule has 0 fully saturated rings. The molecule has 1 atom stereocenters. The van der Waals surface area contributed by atoms with Crippen LogP contribution >= 0.6 is 0 Å². The number of hydrogen-bond donors (Lipinski definition) is 2. The minimum Gasteiger partial charge on any atom is -0.467 e. The third-order valence-electron chi connectivity index (χ3n) is 4.32. The van der Waals surface area contributed by atoms with Gasteiger partial charge in [0.05, 0.1) is 19.2 Å². The first kappa shape index (κ1) is 16.3. The predicted molar refractivity (Wildman–Crippen MR) is 90.3 cm³/mol. The first-order chi connectivity index (χ1) is 11.6. The van der Waals surface area contributed by atoms with Crippen molar-refractivity contribution >= 4 is 11.8 Å². The molecule has 2 amide bonds. The SMILES string of the molecule is CC(NC(=O)Cc1ccc2c(c1)CCC2)C(=O)NCc1ccco1. The quantitative estimate of drug-likeness (QED) is 0.854. The monoisotopic (exact) mass is 326 g/mol. The van der Waals surface area contributed by atoms with Crippen LogP contribution in [0, 0.1) is 0 Å². The van der Waals surface area contributed by atoms with E-state index >= 15 is 0 Å². The van der Waals surface area contributed by atoms with Gasteiger partial charge in [-0.15, -0.1) is 0 Å². The van der Waals surface area contributed by atoms with Gasteiger partial charge in [0.25, 0.3) is 0 Å². The lowest BCUT2D eigenvalue weighted by atomic mass is 10.0. The fraction of sp³-hybridized carbons (Fsp3) is 0.368. The zero-order valence-corrected chi connectivity index (χ0v) is 13.8. The van der Waals surface area contributed by atoms with E-state index in [-0.39, 0.29) is 11.8 Å². The lowest BCUT2D eigenvalue weighted by molar-refractivity contribution is -0.128. The Labute approximate surface area is 141 Å². The summed E-state index contributed by atoms with van der Waals surface area (Å²) >= 11 is 0. The molecule has 1 aromatic heterocycles. The summed E-state index contributed by atoms with van der Waals surface area (Å²) in [4.78, 5) is 24.2. The lowest BCUT2D eigenvalue weighted by Crippen LogP contribution is -2.45. The number of benzene rings is 1. The summed E-state index contributed by atoms with van der Waals surface area (Å²) in [6.45, 7) is 1.99. The van der Waals surface area contributed by atoms with E-state index in [0.29, 0.717) is 18.7 Å². The normalized spacial score (nSPS) is 14.0. The number of nitrogens with one attached hydrogen (secondary N) is 2. The molecule has 2 N–H and O–H groups in total. The van der Waals surface area contributed by atoms with Crippen molar-refractivity contribution < 1.29 is 14.0 Å². The highest BCUT2D eigenvalue weighted by molar-refractivity contribution is 5.88. The van der Waals surface area contributed by atoms with Crippen LogP contribution in [-0.4, -0.2) is 17.9 Å². The molecule has 0 radical (unpaired) electrons. The van der Waals surface area contributed by atoms with Crippen LogP contribution in [0.1, 0.15) is 35.8 Å². The van der Waals surface area contributed by atoms with Gasteiger partial charge >= 0.3 is 0 Å². The second-order valence-electron chi connectivity index (χ2n) is 6.22. The van der Waals surface area contributed by atoms with Crippen LogP contribution in [0.4, 0.5) is 0 Å². The van der Waals surface area contributed by atoms with Gasteiger partial charge in [-0.3, -0.25) is 9.59 Å². The van der Waals surface area contributed by atoms with Crippen molar-refractivity contribution in [3.05, 3.63) is 59.0 Å². The van der Waals surface area contributed by atoms with E-state index in [2.05, 4.69) is 22.8 Å². The van der Waals surface area contributed by atoms with Gasteiger partial charge in [-0.1, -0.05) is 18.2 Å². The van der Waals surface area contributed by atoms with Gasteiger partial charge in [-0.05, 0) is 55.0 Å². The zero-order valence-electron chi connectivity index (χ0n) is 13.8. The van der Waals surface area contributed by atoms with Crippen molar-refractivity contribution in [2.45, 2.75) is 45.2 Å². The van der Waals surface area contributed by atoms with Crippen LogP contribution in [0.2, 0.25) is 0 Å². The molecule has 5 heteroatoms. The van der Waals surface area contributed by atoms with Crippen LogP contribution in [0.15, 0.2) is 41.0 Å². The molecule has 5 nitrogen and oxygen atoms in total. The summed E-state index contributed by atoms with van der Waals surface area (Å²) in [5, 5.41) is 5.48. The first-order valence-electron chi connectivity index (χ1n) is 8.32. The Hall–Kier alpha value is -2.56. The smallest absolute Gasteiger partial charge is 0.242 e. The van der Waals surface area contributed by atoms with E-state index in [4.69, 9.17) is 4.42 Å². The molecule has 0 saturated carbocycles. The minimum atomic E-state index is -0.582. The van der Waals surface area contributed by atoms with Gasteiger partial charge in [-0.25, -0.2) is 0 Å². The fourth-order valence-corrected chi connectivity index (χ4v) is 3.02. The van der Waals surface area contributed by atoms with Crippen molar-refractivity contribution in [3.63, 3.8) is 0 Å². The Balaban J connectivity index is 1.47. The predicted octanol–water partition coefficient (Wildman–Crippen LogP) is 2.13. The number of carbonyl (C=O) groups excluding carboxylic acids is 2. The molecular weight excluding hydrogens is 304 g/mol. The molecule has 1 aliphatic carbocycles. The Morgan fingerprint density at radius 1 is 1.21 bits per heavy atom. The third kappa shape index (κ3) is 4.04. The summed E-state index contributed by atoms with van der Waals surface area (Å²) in [6, 6.07) is 9.21. The standard InChI is InChI=1S/C19H22N2O3/c1-13(19(23)20-12-17-6-3-9-24-17)21-18(22)11-14-7-8-15-4-2-5-16(15)10-14/h3,6-10,13H,2,4-5,11-12H2,1H3,(H,20,23)(H,21,22). The largest absolute Gasteiger partial charge is 0.467 e. The highest BCUT2D eigenvalue weighted by Crippen LogP contribution is 2.22. The van der Waals surface area contributed by atoms with Crippen LogP contribution in [0.5, 0.6) is 0 Å². The summed E-state index contributed by atoms with van der Waals surface area (Å²) in [7, 11) is 0. The summed E-state index contributed by atoms with van der Waals surface area (Å²) < 4.78 is 5.16. The number of amides is 2. The Morgan fingerprint density at radius 3 is 2.83 bits per heavy atom. The number of hydrogen-bond acceptors (Lipinski definition) is 3. The van der Waals surface area contributed by atoms with Gasteiger partial charge in [-0.2, -0.15) is 0 Å². The van der Waals surface area contributed by atoms with Crippen LogP contribution in [-0.2, 0) is 35.4 Å². The number of fused-ring (bicyclic) bond motifs is 1. The minimum absolute atomic E-state index is 0.145. The summed E-state index contributed by atoms with van der Waals surface area (Å²) in [6.07, 6.45) is 5.27. The number of aryl methyl sites for hydroxylation is 2. The van der Waals surface area contributed by atoms with Crippen LogP contribution < -0.4 is 10.6 Å². The molecule has 1 unspecified atom stereocenters. The average molecular weight is 326 g/mol. The Bertz CT molecular complexity index is 722. The van der Waals surface area contributed by atoms with Crippen molar-refractivity contribution in [2.75, 3.05) is 0 Å². The molecule has 2 aromatic rings. The zero-order chi connectivity index (χ0) is 16.9. The topological polar surface area (TPSA) is 71.3 Å². The molecular formula is C19H22N2O3.